The van der Waals surface area contributed by atoms with Crippen molar-refractivity contribution in [2.75, 3.05) is 19.8 Å². The van der Waals surface area contributed by atoms with Crippen LogP contribution in [0.3, 0.4) is 0 Å². The van der Waals surface area contributed by atoms with Crippen molar-refractivity contribution in [3.63, 3.8) is 0 Å². The summed E-state index contributed by atoms with van der Waals surface area (Å²) in [7, 11) is 0. The van der Waals surface area contributed by atoms with E-state index in [1.54, 1.807) is 6.07 Å². The van der Waals surface area contributed by atoms with Crippen LogP contribution in [0.4, 0.5) is 0 Å². The van der Waals surface area contributed by atoms with Gasteiger partial charge in [0.1, 0.15) is 23.3 Å². The second-order valence-corrected chi connectivity index (χ2v) is 10.7. The SMILES string of the molecule is CC/C=C/CCOc1cccc2oc(=O)c(OC/C=C(\C)CCC=C(C)C)c(OCCCCCCCCCC)c12. The van der Waals surface area contributed by atoms with E-state index in [-0.39, 0.29) is 12.4 Å². The van der Waals surface area contributed by atoms with Crippen LogP contribution in [0.5, 0.6) is 17.2 Å². The quantitative estimate of drug-likeness (QED) is 0.0876. The van der Waals surface area contributed by atoms with Gasteiger partial charge in [-0.3, -0.25) is 0 Å². The molecule has 40 heavy (non-hydrogen) atoms. The molecule has 222 valence electrons. The minimum atomic E-state index is -0.531. The number of unbranched alkanes of at least 4 members (excludes halogenated alkanes) is 7. The van der Waals surface area contributed by atoms with E-state index in [4.69, 9.17) is 18.6 Å². The monoisotopic (exact) mass is 552 g/mol. The molecule has 0 N–H and O–H groups in total. The first-order valence-corrected chi connectivity index (χ1v) is 15.4. The molecule has 0 saturated heterocycles. The zero-order valence-electron chi connectivity index (χ0n) is 25.7. The molecule has 5 nitrogen and oxygen atoms in total. The van der Waals surface area contributed by atoms with E-state index in [2.05, 4.69) is 52.8 Å². The van der Waals surface area contributed by atoms with Crippen molar-refractivity contribution >= 4 is 11.0 Å². The molecule has 1 aromatic carbocycles. The highest BCUT2D eigenvalue weighted by Gasteiger charge is 2.21. The molecular formula is C35H52O5. The summed E-state index contributed by atoms with van der Waals surface area (Å²) in [5, 5.41) is 0.653. The topological polar surface area (TPSA) is 57.9 Å². The van der Waals surface area contributed by atoms with Crippen LogP contribution in [0.15, 0.2) is 62.9 Å². The molecule has 2 rings (SSSR count). The van der Waals surface area contributed by atoms with E-state index >= 15 is 0 Å². The Kier molecular flexibility index (Phi) is 16.6. The van der Waals surface area contributed by atoms with Gasteiger partial charge in [-0.05, 0) is 71.1 Å². The van der Waals surface area contributed by atoms with Gasteiger partial charge in [-0.1, -0.05) is 94.2 Å². The third kappa shape index (κ3) is 12.5. The maximum Gasteiger partial charge on any atom is 0.383 e. The molecule has 0 unspecified atom stereocenters. The van der Waals surface area contributed by atoms with E-state index in [0.717, 1.165) is 38.5 Å². The van der Waals surface area contributed by atoms with Crippen molar-refractivity contribution in [2.45, 2.75) is 112 Å². The number of ether oxygens (including phenoxy) is 3. The predicted molar refractivity (Wildman–Crippen MR) is 168 cm³/mol. The molecular weight excluding hydrogens is 500 g/mol. The molecule has 0 aliphatic heterocycles. The third-order valence-corrected chi connectivity index (χ3v) is 6.75. The van der Waals surface area contributed by atoms with E-state index in [1.807, 2.05) is 18.2 Å². The molecule has 0 bridgehead atoms. The van der Waals surface area contributed by atoms with Gasteiger partial charge in [-0.25, -0.2) is 4.79 Å². The lowest BCUT2D eigenvalue weighted by atomic mass is 10.1. The molecule has 0 spiro atoms. The van der Waals surface area contributed by atoms with Gasteiger partial charge in [0.05, 0.1) is 13.2 Å². The van der Waals surface area contributed by atoms with E-state index in [1.165, 1.54) is 49.7 Å². The largest absolute Gasteiger partial charge is 0.492 e. The maximum absolute atomic E-state index is 13.0. The Morgan fingerprint density at radius 3 is 2.27 bits per heavy atom. The molecule has 5 heteroatoms. The van der Waals surface area contributed by atoms with Gasteiger partial charge < -0.3 is 18.6 Å². The molecule has 2 aromatic rings. The zero-order valence-corrected chi connectivity index (χ0v) is 25.7. The lowest BCUT2D eigenvalue weighted by Crippen LogP contribution is -2.12. The van der Waals surface area contributed by atoms with Crippen molar-refractivity contribution in [3.05, 3.63) is 64.1 Å². The fraction of sp³-hybridized carbons (Fsp3) is 0.571. The van der Waals surface area contributed by atoms with Crippen molar-refractivity contribution in [3.8, 4) is 17.2 Å². The normalized spacial score (nSPS) is 11.8. The van der Waals surface area contributed by atoms with Crippen LogP contribution < -0.4 is 19.8 Å². The number of rotatable bonds is 21. The molecule has 0 saturated carbocycles. The first kappa shape index (κ1) is 33.3. The van der Waals surface area contributed by atoms with Gasteiger partial charge >= 0.3 is 5.63 Å². The average Bonchev–Trinajstić information content (AvgIpc) is 2.92. The van der Waals surface area contributed by atoms with Crippen LogP contribution >= 0.6 is 0 Å². The number of benzene rings is 1. The van der Waals surface area contributed by atoms with Gasteiger partial charge in [-0.15, -0.1) is 0 Å². The van der Waals surface area contributed by atoms with Crippen molar-refractivity contribution in [2.24, 2.45) is 0 Å². The average molecular weight is 553 g/mol. The smallest absolute Gasteiger partial charge is 0.383 e. The molecule has 1 aromatic heterocycles. The van der Waals surface area contributed by atoms with Crippen LogP contribution in [0.25, 0.3) is 11.0 Å². The standard InChI is InChI=1S/C35H52O5/c1-6-8-10-12-13-14-15-17-26-38-33-32-30(37-25-16-11-9-7-2)22-19-23-31(32)40-35(36)34(33)39-27-24-29(5)21-18-20-28(3)4/h9,11,19-20,22-24H,6-8,10,12-18,21,25-27H2,1-5H3/b11-9+,29-24+. The summed E-state index contributed by atoms with van der Waals surface area (Å²) in [4.78, 5) is 13.0. The van der Waals surface area contributed by atoms with Gasteiger partial charge in [0, 0.05) is 0 Å². The first-order chi connectivity index (χ1) is 19.5. The van der Waals surface area contributed by atoms with E-state index < -0.39 is 5.63 Å². The van der Waals surface area contributed by atoms with Gasteiger partial charge in [0.25, 0.3) is 0 Å². The van der Waals surface area contributed by atoms with Crippen molar-refractivity contribution < 1.29 is 18.6 Å². The maximum atomic E-state index is 13.0. The van der Waals surface area contributed by atoms with Crippen LogP contribution in [-0.2, 0) is 0 Å². The Labute approximate surface area is 242 Å². The van der Waals surface area contributed by atoms with Gasteiger partial charge in [0.2, 0.25) is 5.75 Å². The third-order valence-electron chi connectivity index (χ3n) is 6.75. The zero-order chi connectivity index (χ0) is 29.0. The molecule has 0 aliphatic carbocycles. The van der Waals surface area contributed by atoms with Crippen LogP contribution in [0.2, 0.25) is 0 Å². The summed E-state index contributed by atoms with van der Waals surface area (Å²) >= 11 is 0. The molecule has 1 heterocycles. The summed E-state index contributed by atoms with van der Waals surface area (Å²) in [5.74, 6) is 1.17. The molecule has 0 atom stereocenters. The Bertz CT molecular complexity index is 1130. The van der Waals surface area contributed by atoms with Crippen molar-refractivity contribution in [1.82, 2.24) is 0 Å². The summed E-state index contributed by atoms with van der Waals surface area (Å²) in [6.07, 6.45) is 21.9. The molecule has 0 aliphatic rings. The van der Waals surface area contributed by atoms with Crippen LogP contribution in [0.1, 0.15) is 112 Å². The van der Waals surface area contributed by atoms with Crippen LogP contribution in [0, 0.1) is 0 Å². The second kappa shape index (κ2) is 20.0. The Morgan fingerprint density at radius 2 is 1.55 bits per heavy atom. The summed E-state index contributed by atoms with van der Waals surface area (Å²) in [6.45, 7) is 12.0. The highest BCUT2D eigenvalue weighted by molar-refractivity contribution is 5.91. The summed E-state index contributed by atoms with van der Waals surface area (Å²) in [5.41, 5.74) is 2.44. The fourth-order valence-corrected chi connectivity index (χ4v) is 4.44. The summed E-state index contributed by atoms with van der Waals surface area (Å²) in [6, 6.07) is 5.51. The summed E-state index contributed by atoms with van der Waals surface area (Å²) < 4.78 is 24.1. The number of hydrogen-bond acceptors (Lipinski definition) is 5. The van der Waals surface area contributed by atoms with Crippen LogP contribution in [-0.4, -0.2) is 19.8 Å². The fourth-order valence-electron chi connectivity index (χ4n) is 4.44. The highest BCUT2D eigenvalue weighted by Crippen LogP contribution is 2.39. The molecule has 0 amide bonds. The highest BCUT2D eigenvalue weighted by atomic mass is 16.5. The number of fused-ring (bicyclic) bond motifs is 1. The Balaban J connectivity index is 2.20. The second-order valence-electron chi connectivity index (χ2n) is 10.7. The molecule has 0 fully saturated rings. The minimum absolute atomic E-state index is 0.113. The van der Waals surface area contributed by atoms with Gasteiger partial charge in [-0.2, -0.15) is 0 Å². The van der Waals surface area contributed by atoms with Gasteiger partial charge in [0.15, 0.2) is 5.75 Å². The first-order valence-electron chi connectivity index (χ1n) is 15.4. The number of allylic oxidation sites excluding steroid dienone is 4. The Morgan fingerprint density at radius 1 is 0.800 bits per heavy atom. The van der Waals surface area contributed by atoms with Crippen molar-refractivity contribution in [1.29, 1.82) is 0 Å². The van der Waals surface area contributed by atoms with E-state index in [9.17, 15) is 4.79 Å². The lowest BCUT2D eigenvalue weighted by Gasteiger charge is -2.16. The Hall–Kier alpha value is -2.95. The number of hydrogen-bond donors (Lipinski definition) is 0. The molecule has 0 radical (unpaired) electrons. The predicted octanol–water partition coefficient (Wildman–Crippen LogP) is 10.1. The lowest BCUT2D eigenvalue weighted by molar-refractivity contribution is 0.267. The van der Waals surface area contributed by atoms with E-state index in [0.29, 0.717) is 35.7 Å². The minimum Gasteiger partial charge on any atom is -0.492 e.